The van der Waals surface area contributed by atoms with Crippen LogP contribution in [-0.4, -0.2) is 0 Å². The number of nitrogens with zero attached hydrogens (tertiary/aromatic N) is 1. The summed E-state index contributed by atoms with van der Waals surface area (Å²) in [5, 5.41) is 8.60. The second-order valence-electron chi connectivity index (χ2n) is 1.89. The Labute approximate surface area is 73.8 Å². The molecule has 0 spiro atoms. The van der Waals surface area contributed by atoms with Crippen LogP contribution in [0.3, 0.4) is 0 Å². The van der Waals surface area contributed by atoms with Crippen LogP contribution >= 0.6 is 22.6 Å². The fourth-order valence-corrected chi connectivity index (χ4v) is 1.37. The van der Waals surface area contributed by atoms with Gasteiger partial charge < -0.3 is 0 Å². The highest BCUT2D eigenvalue weighted by molar-refractivity contribution is 14.1. The smallest absolute Gasteiger partial charge is 0.101 e. The molecule has 0 fully saturated rings. The van der Waals surface area contributed by atoms with Crippen LogP contribution in [0, 0.1) is 21.8 Å². The predicted molar refractivity (Wildman–Crippen MR) is 48.3 cm³/mol. The summed E-state index contributed by atoms with van der Waals surface area (Å²) in [7, 11) is 0. The molecule has 1 rings (SSSR count). The zero-order chi connectivity index (χ0) is 7.56. The number of hydrogen-bond acceptors (Lipinski definition) is 1. The Hall–Kier alpha value is -0.560. The molecule has 10 heavy (non-hydrogen) atoms. The van der Waals surface area contributed by atoms with E-state index >= 15 is 0 Å². The van der Waals surface area contributed by atoms with E-state index in [1.807, 2.05) is 18.2 Å². The van der Waals surface area contributed by atoms with E-state index in [2.05, 4.69) is 35.6 Å². The van der Waals surface area contributed by atoms with Crippen LogP contribution in [0.25, 0.3) is 0 Å². The van der Waals surface area contributed by atoms with Crippen molar-refractivity contribution in [3.63, 3.8) is 0 Å². The van der Waals surface area contributed by atoms with E-state index in [9.17, 15) is 0 Å². The van der Waals surface area contributed by atoms with E-state index in [0.717, 1.165) is 9.13 Å². The van der Waals surface area contributed by atoms with Crippen LogP contribution in [0.1, 0.15) is 11.1 Å². The molecule has 1 aromatic rings. The summed E-state index contributed by atoms with van der Waals surface area (Å²) in [6, 6.07) is 7.72. The first-order valence-corrected chi connectivity index (χ1v) is 3.84. The van der Waals surface area contributed by atoms with Gasteiger partial charge in [0.15, 0.2) is 0 Å². The molecule has 1 radical (unpaired) electrons. The maximum Gasteiger partial charge on any atom is 0.101 e. The SMILES string of the molecule is [CH2]c1cccc(I)c1C#N. The van der Waals surface area contributed by atoms with Crippen molar-refractivity contribution in [3.8, 4) is 6.07 Å². The Morgan fingerprint density at radius 3 is 2.60 bits per heavy atom. The van der Waals surface area contributed by atoms with Gasteiger partial charge in [0.1, 0.15) is 6.07 Å². The van der Waals surface area contributed by atoms with E-state index in [-0.39, 0.29) is 0 Å². The van der Waals surface area contributed by atoms with Gasteiger partial charge in [-0.3, -0.25) is 0 Å². The summed E-state index contributed by atoms with van der Waals surface area (Å²) in [4.78, 5) is 0. The molecule has 0 aromatic heterocycles. The number of rotatable bonds is 0. The van der Waals surface area contributed by atoms with Crippen LogP contribution < -0.4 is 0 Å². The average molecular weight is 242 g/mol. The summed E-state index contributed by atoms with van der Waals surface area (Å²) in [5.74, 6) is 0. The zero-order valence-corrected chi connectivity index (χ0v) is 7.42. The summed E-state index contributed by atoms with van der Waals surface area (Å²) in [5.41, 5.74) is 1.48. The molecule has 0 bridgehead atoms. The highest BCUT2D eigenvalue weighted by Gasteiger charge is 1.99. The Morgan fingerprint density at radius 1 is 1.50 bits per heavy atom. The van der Waals surface area contributed by atoms with E-state index in [0.29, 0.717) is 5.56 Å². The maximum absolute atomic E-state index is 8.60. The third-order valence-electron chi connectivity index (χ3n) is 1.21. The van der Waals surface area contributed by atoms with Crippen molar-refractivity contribution in [2.24, 2.45) is 0 Å². The van der Waals surface area contributed by atoms with Crippen LogP contribution in [0.15, 0.2) is 18.2 Å². The molecule has 2 heteroatoms. The Kier molecular flexibility index (Phi) is 2.28. The van der Waals surface area contributed by atoms with Crippen molar-refractivity contribution in [2.45, 2.75) is 0 Å². The lowest BCUT2D eigenvalue weighted by Gasteiger charge is -1.96. The molecular formula is C8H5IN. The summed E-state index contributed by atoms with van der Waals surface area (Å²) in [6.07, 6.45) is 0. The number of halogens is 1. The normalized spacial score (nSPS) is 8.90. The third kappa shape index (κ3) is 1.29. The van der Waals surface area contributed by atoms with E-state index in [1.165, 1.54) is 0 Å². The number of nitriles is 1. The molecule has 49 valence electrons. The van der Waals surface area contributed by atoms with E-state index in [1.54, 1.807) is 0 Å². The Bertz CT molecular complexity index is 266. The minimum absolute atomic E-state index is 0.683. The van der Waals surface area contributed by atoms with E-state index in [4.69, 9.17) is 5.26 Å². The molecule has 1 aromatic carbocycles. The van der Waals surface area contributed by atoms with Crippen molar-refractivity contribution in [1.82, 2.24) is 0 Å². The summed E-state index contributed by atoms with van der Waals surface area (Å²) >= 11 is 2.12. The fraction of sp³-hybridized carbons (Fsp3) is 0. The molecule has 0 aliphatic heterocycles. The summed E-state index contributed by atoms with van der Waals surface area (Å²) in [6.45, 7) is 3.72. The van der Waals surface area contributed by atoms with Gasteiger partial charge in [-0.2, -0.15) is 5.26 Å². The minimum atomic E-state index is 0.683. The lowest BCUT2D eigenvalue weighted by molar-refractivity contribution is 1.43. The predicted octanol–water partition coefficient (Wildman–Crippen LogP) is 2.35. The van der Waals surface area contributed by atoms with Crippen LogP contribution in [0.5, 0.6) is 0 Å². The van der Waals surface area contributed by atoms with Gasteiger partial charge in [-0.1, -0.05) is 12.1 Å². The molecule has 0 unspecified atom stereocenters. The van der Waals surface area contributed by atoms with Gasteiger partial charge in [-0.25, -0.2) is 0 Å². The summed E-state index contributed by atoms with van der Waals surface area (Å²) < 4.78 is 0.965. The second-order valence-corrected chi connectivity index (χ2v) is 3.05. The van der Waals surface area contributed by atoms with Crippen LogP contribution in [0.2, 0.25) is 0 Å². The van der Waals surface area contributed by atoms with Crippen molar-refractivity contribution in [2.75, 3.05) is 0 Å². The van der Waals surface area contributed by atoms with Crippen molar-refractivity contribution in [3.05, 3.63) is 39.8 Å². The lowest BCUT2D eigenvalue weighted by Crippen LogP contribution is -1.84. The number of benzene rings is 1. The monoisotopic (exact) mass is 242 g/mol. The molecule has 0 heterocycles. The lowest BCUT2D eigenvalue weighted by atomic mass is 10.1. The quantitative estimate of drug-likeness (QED) is 0.640. The van der Waals surface area contributed by atoms with Gasteiger partial charge in [0.05, 0.1) is 5.56 Å². The first-order valence-electron chi connectivity index (χ1n) is 2.76. The number of hydrogen-bond donors (Lipinski definition) is 0. The molecule has 0 N–H and O–H groups in total. The standard InChI is InChI=1S/C8H5IN/c1-6-3-2-4-8(9)7(6)5-10/h2-4H,1H2. The largest absolute Gasteiger partial charge is 0.192 e. The van der Waals surface area contributed by atoms with E-state index < -0.39 is 0 Å². The van der Waals surface area contributed by atoms with Gasteiger partial charge in [-0.15, -0.1) is 0 Å². The molecule has 1 nitrogen and oxygen atoms in total. The van der Waals surface area contributed by atoms with Gasteiger partial charge >= 0.3 is 0 Å². The van der Waals surface area contributed by atoms with Crippen LogP contribution in [0.4, 0.5) is 0 Å². The Balaban J connectivity index is 3.34. The minimum Gasteiger partial charge on any atom is -0.192 e. The molecule has 0 saturated carbocycles. The highest BCUT2D eigenvalue weighted by atomic mass is 127. The van der Waals surface area contributed by atoms with Gasteiger partial charge in [-0.05, 0) is 41.1 Å². The van der Waals surface area contributed by atoms with Gasteiger partial charge in [0.25, 0.3) is 0 Å². The third-order valence-corrected chi connectivity index (χ3v) is 2.11. The van der Waals surface area contributed by atoms with Crippen molar-refractivity contribution >= 4 is 22.6 Å². The fourth-order valence-electron chi connectivity index (χ4n) is 0.694. The van der Waals surface area contributed by atoms with Crippen molar-refractivity contribution in [1.29, 1.82) is 5.26 Å². The average Bonchev–Trinajstić information content (AvgIpc) is 1.88. The molecular weight excluding hydrogens is 237 g/mol. The van der Waals surface area contributed by atoms with Crippen molar-refractivity contribution < 1.29 is 0 Å². The highest BCUT2D eigenvalue weighted by Crippen LogP contribution is 2.14. The first kappa shape index (κ1) is 7.55. The molecule has 0 amide bonds. The zero-order valence-electron chi connectivity index (χ0n) is 5.26. The Morgan fingerprint density at radius 2 is 2.20 bits per heavy atom. The molecule has 0 atom stereocenters. The maximum atomic E-state index is 8.60. The van der Waals surface area contributed by atoms with Crippen LogP contribution in [-0.2, 0) is 0 Å². The van der Waals surface area contributed by atoms with Gasteiger partial charge in [0.2, 0.25) is 0 Å². The second kappa shape index (κ2) is 3.02. The molecule has 0 aliphatic rings. The molecule has 0 saturated heterocycles. The molecule has 0 aliphatic carbocycles. The van der Waals surface area contributed by atoms with Gasteiger partial charge in [0, 0.05) is 3.57 Å². The first-order chi connectivity index (χ1) is 4.75. The topological polar surface area (TPSA) is 23.8 Å².